The Hall–Kier alpha value is -3.50. The van der Waals surface area contributed by atoms with Gasteiger partial charge in [0, 0.05) is 37.6 Å². The van der Waals surface area contributed by atoms with Crippen LogP contribution in [0.5, 0.6) is 0 Å². The van der Waals surface area contributed by atoms with E-state index in [0.717, 1.165) is 67.6 Å². The van der Waals surface area contributed by atoms with Crippen LogP contribution in [0.3, 0.4) is 0 Å². The molecule has 0 unspecified atom stereocenters. The van der Waals surface area contributed by atoms with E-state index in [2.05, 4.69) is 36.6 Å². The Labute approximate surface area is 201 Å². The standard InChI is InChI=1S/C24H24N6O3S/c31-22-20(34-24(32)29-22)12-19-3-8-27-23(28-19)30-9-4-16(5-10-30)13-25-14-17-2-1-7-26-21(17)18-6-11-33-15-18/h1-3,6-8,11-12,15-16,25H,4-5,9-10,13-14H2,(H,29,31,32). The molecule has 10 heteroatoms. The number of hydrogen-bond acceptors (Lipinski definition) is 9. The van der Waals surface area contributed by atoms with Crippen LogP contribution in [-0.2, 0) is 11.3 Å². The van der Waals surface area contributed by atoms with Gasteiger partial charge in [0.2, 0.25) is 5.95 Å². The normalized spacial score (nSPS) is 18.0. The molecular formula is C24H24N6O3S. The molecule has 0 aliphatic carbocycles. The SMILES string of the molecule is O=C1NC(=O)C(=Cc2ccnc(N3CCC(CNCc4cccnc4-c4ccoc4)CC3)n2)S1. The molecule has 2 amide bonds. The smallest absolute Gasteiger partial charge is 0.290 e. The molecule has 5 rings (SSSR count). The van der Waals surface area contributed by atoms with E-state index in [1.807, 2.05) is 12.1 Å². The number of rotatable bonds is 7. The van der Waals surface area contributed by atoms with Crippen molar-refractivity contribution in [3.63, 3.8) is 0 Å². The van der Waals surface area contributed by atoms with Crippen LogP contribution >= 0.6 is 11.8 Å². The van der Waals surface area contributed by atoms with E-state index in [4.69, 9.17) is 4.42 Å². The molecule has 34 heavy (non-hydrogen) atoms. The van der Waals surface area contributed by atoms with Crippen LogP contribution in [-0.4, -0.2) is 45.7 Å². The molecule has 0 saturated carbocycles. The molecule has 0 atom stereocenters. The predicted molar refractivity (Wildman–Crippen MR) is 130 cm³/mol. The largest absolute Gasteiger partial charge is 0.472 e. The van der Waals surface area contributed by atoms with Crippen molar-refractivity contribution in [3.05, 3.63) is 65.3 Å². The first-order valence-electron chi connectivity index (χ1n) is 11.2. The van der Waals surface area contributed by atoms with E-state index in [1.54, 1.807) is 37.1 Å². The van der Waals surface area contributed by atoms with E-state index in [9.17, 15) is 9.59 Å². The number of carbonyl (C=O) groups excluding carboxylic acids is 2. The Morgan fingerprint density at radius 3 is 2.82 bits per heavy atom. The second kappa shape index (κ2) is 10.2. The minimum Gasteiger partial charge on any atom is -0.472 e. The van der Waals surface area contributed by atoms with Gasteiger partial charge in [-0.3, -0.25) is 19.9 Å². The van der Waals surface area contributed by atoms with Gasteiger partial charge < -0.3 is 14.6 Å². The highest BCUT2D eigenvalue weighted by atomic mass is 32.2. The first-order valence-corrected chi connectivity index (χ1v) is 12.0. The minimum atomic E-state index is -0.383. The summed E-state index contributed by atoms with van der Waals surface area (Å²) in [7, 11) is 0. The van der Waals surface area contributed by atoms with E-state index in [-0.39, 0.29) is 11.1 Å². The second-order valence-electron chi connectivity index (χ2n) is 8.22. The van der Waals surface area contributed by atoms with Gasteiger partial charge in [-0.2, -0.15) is 0 Å². The Kier molecular flexibility index (Phi) is 6.68. The average Bonchev–Trinajstić information content (AvgIpc) is 3.50. The van der Waals surface area contributed by atoms with Gasteiger partial charge in [-0.25, -0.2) is 9.97 Å². The number of furan rings is 1. The van der Waals surface area contributed by atoms with Gasteiger partial charge >= 0.3 is 0 Å². The van der Waals surface area contributed by atoms with Gasteiger partial charge in [-0.05, 0) is 66.9 Å². The number of piperidine rings is 1. The Balaban J connectivity index is 1.13. The molecule has 2 N–H and O–H groups in total. The molecule has 2 saturated heterocycles. The number of carbonyl (C=O) groups is 2. The Morgan fingerprint density at radius 2 is 2.06 bits per heavy atom. The van der Waals surface area contributed by atoms with Crippen LogP contribution in [0.4, 0.5) is 10.7 Å². The number of imide groups is 1. The summed E-state index contributed by atoms with van der Waals surface area (Å²) in [6, 6.07) is 7.71. The minimum absolute atomic E-state index is 0.351. The third kappa shape index (κ3) is 5.18. The molecule has 5 heterocycles. The lowest BCUT2D eigenvalue weighted by atomic mass is 9.97. The molecule has 2 fully saturated rings. The zero-order chi connectivity index (χ0) is 23.3. The molecular weight excluding hydrogens is 452 g/mol. The van der Waals surface area contributed by atoms with Crippen LogP contribution in [0.2, 0.25) is 0 Å². The molecule has 0 aromatic carbocycles. The fraction of sp³-hybridized carbons (Fsp3) is 0.292. The number of hydrogen-bond donors (Lipinski definition) is 2. The molecule has 0 bridgehead atoms. The average molecular weight is 477 g/mol. The van der Waals surface area contributed by atoms with Gasteiger partial charge in [0.25, 0.3) is 11.1 Å². The van der Waals surface area contributed by atoms with Crippen LogP contribution in [0.15, 0.2) is 58.5 Å². The van der Waals surface area contributed by atoms with Crippen molar-refractivity contribution < 1.29 is 14.0 Å². The zero-order valence-corrected chi connectivity index (χ0v) is 19.3. The number of anilines is 1. The molecule has 0 radical (unpaired) electrons. The molecule has 3 aromatic heterocycles. The summed E-state index contributed by atoms with van der Waals surface area (Å²) in [5.41, 5.74) is 3.70. The number of nitrogens with zero attached hydrogens (tertiary/aromatic N) is 4. The third-order valence-corrected chi connectivity index (χ3v) is 6.73. The lowest BCUT2D eigenvalue weighted by Gasteiger charge is -2.32. The van der Waals surface area contributed by atoms with Crippen molar-refractivity contribution in [2.24, 2.45) is 5.92 Å². The van der Waals surface area contributed by atoms with Gasteiger partial charge in [0.15, 0.2) is 0 Å². The topological polar surface area (TPSA) is 113 Å². The number of nitrogens with one attached hydrogen (secondary N) is 2. The summed E-state index contributed by atoms with van der Waals surface area (Å²) < 4.78 is 5.21. The lowest BCUT2D eigenvalue weighted by Crippen LogP contribution is -2.38. The molecule has 2 aliphatic rings. The van der Waals surface area contributed by atoms with E-state index in [0.29, 0.717) is 22.5 Å². The number of amides is 2. The van der Waals surface area contributed by atoms with Gasteiger partial charge in [-0.15, -0.1) is 0 Å². The quantitative estimate of drug-likeness (QED) is 0.495. The number of aromatic nitrogens is 3. The summed E-state index contributed by atoms with van der Waals surface area (Å²) in [6.45, 7) is 3.42. The first kappa shape index (κ1) is 22.3. The molecule has 174 valence electrons. The summed E-state index contributed by atoms with van der Waals surface area (Å²) in [5.74, 6) is 0.836. The van der Waals surface area contributed by atoms with Crippen LogP contribution in [0, 0.1) is 5.92 Å². The second-order valence-corrected chi connectivity index (χ2v) is 9.23. The summed E-state index contributed by atoms with van der Waals surface area (Å²) >= 11 is 0.888. The van der Waals surface area contributed by atoms with Crippen molar-refractivity contribution in [1.29, 1.82) is 0 Å². The van der Waals surface area contributed by atoms with E-state index >= 15 is 0 Å². The van der Waals surface area contributed by atoms with Gasteiger partial charge in [-0.1, -0.05) is 6.07 Å². The fourth-order valence-corrected chi connectivity index (χ4v) is 4.81. The van der Waals surface area contributed by atoms with Crippen molar-refractivity contribution in [2.75, 3.05) is 24.5 Å². The van der Waals surface area contributed by atoms with E-state index < -0.39 is 0 Å². The summed E-state index contributed by atoms with van der Waals surface area (Å²) in [4.78, 5) is 39.2. The number of thioether (sulfide) groups is 1. The Bertz CT molecular complexity index is 1200. The molecule has 3 aromatic rings. The summed E-state index contributed by atoms with van der Waals surface area (Å²) in [5, 5.41) is 5.49. The van der Waals surface area contributed by atoms with Gasteiger partial charge in [0.1, 0.15) is 0 Å². The first-order chi connectivity index (χ1) is 16.7. The molecule has 0 spiro atoms. The maximum Gasteiger partial charge on any atom is 0.290 e. The highest BCUT2D eigenvalue weighted by Crippen LogP contribution is 2.26. The third-order valence-electron chi connectivity index (χ3n) is 5.92. The van der Waals surface area contributed by atoms with Gasteiger partial charge in [0.05, 0.1) is 28.8 Å². The van der Waals surface area contributed by atoms with Crippen molar-refractivity contribution in [2.45, 2.75) is 19.4 Å². The monoisotopic (exact) mass is 476 g/mol. The van der Waals surface area contributed by atoms with Crippen LogP contribution in [0.1, 0.15) is 24.1 Å². The Morgan fingerprint density at radius 1 is 1.18 bits per heavy atom. The molecule has 2 aliphatic heterocycles. The maximum atomic E-state index is 11.8. The van der Waals surface area contributed by atoms with Crippen LogP contribution in [0.25, 0.3) is 17.3 Å². The number of pyridine rings is 1. The highest BCUT2D eigenvalue weighted by molar-refractivity contribution is 8.18. The van der Waals surface area contributed by atoms with Crippen molar-refractivity contribution in [1.82, 2.24) is 25.6 Å². The fourth-order valence-electron chi connectivity index (χ4n) is 4.14. The van der Waals surface area contributed by atoms with Crippen molar-refractivity contribution >= 4 is 34.9 Å². The predicted octanol–water partition coefficient (Wildman–Crippen LogP) is 3.46. The zero-order valence-electron chi connectivity index (χ0n) is 18.4. The van der Waals surface area contributed by atoms with Crippen molar-refractivity contribution in [3.8, 4) is 11.3 Å². The van der Waals surface area contributed by atoms with E-state index in [1.165, 1.54) is 0 Å². The maximum absolute atomic E-state index is 11.8. The summed E-state index contributed by atoms with van der Waals surface area (Å²) in [6.07, 6.45) is 10.6. The lowest BCUT2D eigenvalue weighted by molar-refractivity contribution is -0.115. The van der Waals surface area contributed by atoms with Crippen LogP contribution < -0.4 is 15.5 Å². The molecule has 9 nitrogen and oxygen atoms in total. The highest BCUT2D eigenvalue weighted by Gasteiger charge is 2.25.